The van der Waals surface area contributed by atoms with Crippen LogP contribution in [0, 0.1) is 34.9 Å². The normalized spacial score (nSPS) is 19.2. The zero-order valence-electron chi connectivity index (χ0n) is 16.4. The lowest BCUT2D eigenvalue weighted by Gasteiger charge is -2.21. The molecule has 2 atom stereocenters. The van der Waals surface area contributed by atoms with Gasteiger partial charge in [-0.25, -0.2) is 35.1 Å². The lowest BCUT2D eigenvalue weighted by molar-refractivity contribution is 0.423. The van der Waals surface area contributed by atoms with E-state index in [-0.39, 0.29) is 11.1 Å². The smallest absolute Gasteiger partial charge is 0.166 e. The summed E-state index contributed by atoms with van der Waals surface area (Å²) in [7, 11) is 0. The standard InChI is InChI=1S/C24H8Br2F8/c25-17-13(7-3-1-5-9(27)11(7)19(17)29)15-21(31)23(33)16(24(34)22(15)32)14-8-4-2-6-10(28)12(8)20(30)18(14)26/h1-6,13-14H. The fourth-order valence-corrected chi connectivity index (χ4v) is 5.88. The first-order valence-electron chi connectivity index (χ1n) is 9.61. The molecule has 0 spiro atoms. The van der Waals surface area contributed by atoms with Gasteiger partial charge < -0.3 is 0 Å². The molecular formula is C24H8Br2F8. The maximum absolute atomic E-state index is 15.3. The van der Waals surface area contributed by atoms with Gasteiger partial charge in [0.2, 0.25) is 0 Å². The molecule has 2 unspecified atom stereocenters. The van der Waals surface area contributed by atoms with Crippen LogP contribution < -0.4 is 0 Å². The Morgan fingerprint density at radius 3 is 1.15 bits per heavy atom. The second-order valence-electron chi connectivity index (χ2n) is 7.68. The molecule has 3 aromatic carbocycles. The van der Waals surface area contributed by atoms with E-state index < -0.39 is 89.6 Å². The summed E-state index contributed by atoms with van der Waals surface area (Å²) >= 11 is 5.65. The van der Waals surface area contributed by atoms with Gasteiger partial charge in [-0.05, 0) is 23.3 Å². The number of rotatable bonds is 2. The van der Waals surface area contributed by atoms with Crippen molar-refractivity contribution in [2.45, 2.75) is 11.8 Å². The van der Waals surface area contributed by atoms with Crippen molar-refractivity contribution in [3.8, 4) is 0 Å². The van der Waals surface area contributed by atoms with Crippen molar-refractivity contribution in [1.82, 2.24) is 0 Å². The van der Waals surface area contributed by atoms with E-state index in [1.807, 2.05) is 0 Å². The van der Waals surface area contributed by atoms with Crippen LogP contribution in [0.4, 0.5) is 35.1 Å². The lowest BCUT2D eigenvalue weighted by atomic mass is 9.86. The van der Waals surface area contributed by atoms with Gasteiger partial charge in [0.15, 0.2) is 23.3 Å². The van der Waals surface area contributed by atoms with Crippen LogP contribution in [0.5, 0.6) is 0 Å². The van der Waals surface area contributed by atoms with Gasteiger partial charge in [0.1, 0.15) is 23.3 Å². The summed E-state index contributed by atoms with van der Waals surface area (Å²) in [5.41, 5.74) is -4.04. The molecule has 2 aliphatic carbocycles. The average molecular weight is 608 g/mol. The first-order valence-corrected chi connectivity index (χ1v) is 11.2. The Morgan fingerprint density at radius 1 is 0.500 bits per heavy atom. The molecule has 10 heteroatoms. The predicted octanol–water partition coefficient (Wildman–Crippen LogP) is 8.88. The fourth-order valence-electron chi connectivity index (χ4n) is 4.53. The summed E-state index contributed by atoms with van der Waals surface area (Å²) in [5.74, 6) is -15.3. The Hall–Kier alpha value is -2.46. The average Bonchev–Trinajstić information content (AvgIpc) is 3.20. The lowest BCUT2D eigenvalue weighted by Crippen LogP contribution is -2.15. The number of hydrogen-bond acceptors (Lipinski definition) is 0. The third kappa shape index (κ3) is 3.00. The summed E-state index contributed by atoms with van der Waals surface area (Å²) in [6, 6.07) is 6.51. The van der Waals surface area contributed by atoms with Crippen molar-refractivity contribution >= 4 is 43.5 Å². The zero-order valence-corrected chi connectivity index (χ0v) is 19.6. The second kappa shape index (κ2) is 8.05. The Labute approximate surface area is 203 Å². The van der Waals surface area contributed by atoms with E-state index in [1.165, 1.54) is 12.1 Å². The summed E-state index contributed by atoms with van der Waals surface area (Å²) in [6.07, 6.45) is 0. The number of allylic oxidation sites excluding steroid dienone is 2. The molecule has 174 valence electrons. The molecule has 0 amide bonds. The quantitative estimate of drug-likeness (QED) is 0.202. The van der Waals surface area contributed by atoms with Crippen LogP contribution in [0.15, 0.2) is 45.4 Å². The van der Waals surface area contributed by atoms with Gasteiger partial charge >= 0.3 is 0 Å². The van der Waals surface area contributed by atoms with Gasteiger partial charge in [0, 0.05) is 20.1 Å². The third-order valence-corrected chi connectivity index (χ3v) is 7.60. The van der Waals surface area contributed by atoms with Gasteiger partial charge in [-0.2, -0.15) is 0 Å². The molecule has 3 aromatic rings. The molecular weight excluding hydrogens is 600 g/mol. The Balaban J connectivity index is 1.77. The highest BCUT2D eigenvalue weighted by molar-refractivity contribution is 9.12. The Bertz CT molecular complexity index is 1330. The fraction of sp³-hybridized carbons (Fsp3) is 0.0833. The summed E-state index contributed by atoms with van der Waals surface area (Å²) < 4.78 is 118. The van der Waals surface area contributed by atoms with Crippen LogP contribution in [0.1, 0.15) is 45.2 Å². The molecule has 0 aliphatic heterocycles. The van der Waals surface area contributed by atoms with Crippen molar-refractivity contribution in [3.05, 3.63) is 114 Å². The van der Waals surface area contributed by atoms with Crippen molar-refractivity contribution in [2.75, 3.05) is 0 Å². The maximum atomic E-state index is 15.3. The van der Waals surface area contributed by atoms with Gasteiger partial charge in [-0.15, -0.1) is 0 Å². The molecule has 0 fully saturated rings. The van der Waals surface area contributed by atoms with Crippen LogP contribution in [0.25, 0.3) is 11.7 Å². The first-order chi connectivity index (χ1) is 16.1. The largest absolute Gasteiger partial charge is 0.206 e. The molecule has 0 radical (unpaired) electrons. The molecule has 0 nitrogen and oxygen atoms in total. The number of fused-ring (bicyclic) bond motifs is 2. The van der Waals surface area contributed by atoms with Crippen LogP contribution in [-0.4, -0.2) is 0 Å². The molecule has 2 aliphatic rings. The van der Waals surface area contributed by atoms with Crippen LogP contribution in [0.3, 0.4) is 0 Å². The number of benzene rings is 3. The zero-order chi connectivity index (χ0) is 24.6. The number of halogens is 10. The van der Waals surface area contributed by atoms with E-state index in [1.54, 1.807) is 0 Å². The minimum Gasteiger partial charge on any atom is -0.206 e. The van der Waals surface area contributed by atoms with Crippen LogP contribution in [-0.2, 0) is 0 Å². The van der Waals surface area contributed by atoms with Gasteiger partial charge in [-0.3, -0.25) is 0 Å². The van der Waals surface area contributed by atoms with Crippen LogP contribution in [0.2, 0.25) is 0 Å². The van der Waals surface area contributed by atoms with Crippen molar-refractivity contribution in [3.63, 3.8) is 0 Å². The molecule has 0 heterocycles. The van der Waals surface area contributed by atoms with E-state index in [9.17, 15) is 17.6 Å². The number of hydrogen-bond donors (Lipinski definition) is 0. The molecule has 0 saturated heterocycles. The highest BCUT2D eigenvalue weighted by atomic mass is 79.9. The summed E-state index contributed by atoms with van der Waals surface area (Å²) in [5, 5.41) is 0. The van der Waals surface area contributed by atoms with Crippen molar-refractivity contribution in [1.29, 1.82) is 0 Å². The minimum atomic E-state index is -1.87. The molecule has 34 heavy (non-hydrogen) atoms. The van der Waals surface area contributed by atoms with Gasteiger partial charge in [-0.1, -0.05) is 56.1 Å². The molecule has 0 saturated carbocycles. The van der Waals surface area contributed by atoms with E-state index in [2.05, 4.69) is 31.9 Å². The first kappa shape index (κ1) is 23.3. The third-order valence-electron chi connectivity index (χ3n) is 5.99. The summed E-state index contributed by atoms with van der Waals surface area (Å²) in [6.45, 7) is 0. The second-order valence-corrected chi connectivity index (χ2v) is 9.39. The highest BCUT2D eigenvalue weighted by Crippen LogP contribution is 2.54. The Kier molecular flexibility index (Phi) is 5.51. The van der Waals surface area contributed by atoms with E-state index in [4.69, 9.17) is 0 Å². The molecule has 5 rings (SSSR count). The minimum absolute atomic E-state index is 0.242. The SMILES string of the molecule is FC1=C(Br)C(c2c(F)c(F)c(C3C(Br)=C(F)c4c(F)cccc43)c(F)c2F)c2cccc(F)c21. The highest BCUT2D eigenvalue weighted by Gasteiger charge is 2.43. The predicted molar refractivity (Wildman–Crippen MR) is 117 cm³/mol. The van der Waals surface area contributed by atoms with Gasteiger partial charge in [0.05, 0.1) is 23.0 Å². The molecule has 0 N–H and O–H groups in total. The summed E-state index contributed by atoms with van der Waals surface area (Å²) in [4.78, 5) is 0. The van der Waals surface area contributed by atoms with Gasteiger partial charge in [0.25, 0.3) is 0 Å². The molecule has 0 aromatic heterocycles. The van der Waals surface area contributed by atoms with E-state index in [0.717, 1.165) is 24.3 Å². The maximum Gasteiger partial charge on any atom is 0.166 e. The van der Waals surface area contributed by atoms with Crippen molar-refractivity contribution < 1.29 is 35.1 Å². The molecule has 0 bridgehead atoms. The van der Waals surface area contributed by atoms with Crippen LogP contribution >= 0.6 is 31.9 Å². The topological polar surface area (TPSA) is 0 Å². The van der Waals surface area contributed by atoms with E-state index in [0.29, 0.717) is 0 Å². The van der Waals surface area contributed by atoms with Crippen molar-refractivity contribution in [2.24, 2.45) is 0 Å². The van der Waals surface area contributed by atoms with E-state index >= 15 is 17.6 Å². The monoisotopic (exact) mass is 606 g/mol. The Morgan fingerprint density at radius 2 is 0.824 bits per heavy atom.